The molecule has 9 nitrogen and oxygen atoms in total. The number of carbonyl (C=O) groups excluding carboxylic acids is 1. The lowest BCUT2D eigenvalue weighted by Crippen LogP contribution is -2.36. The smallest absolute Gasteiger partial charge is 0.475 e. The van der Waals surface area contributed by atoms with Gasteiger partial charge in [0.05, 0.1) is 5.69 Å². The van der Waals surface area contributed by atoms with Crippen molar-refractivity contribution in [1.29, 1.82) is 0 Å². The lowest BCUT2D eigenvalue weighted by molar-refractivity contribution is -0.193. The molecule has 2 aromatic heterocycles. The molecule has 2 atom stereocenters. The van der Waals surface area contributed by atoms with Gasteiger partial charge in [-0.05, 0) is 43.2 Å². The predicted molar refractivity (Wildman–Crippen MR) is 118 cm³/mol. The SMILES string of the molecule is Cc1cccc(CN2CCC3C2CC(=O)N3Cc2ccncc2)n1.O=C(O)C(F)(F)F.O=C(O)C(F)(F)F. The Balaban J connectivity index is 0.000000301. The van der Waals surface area contributed by atoms with Crippen molar-refractivity contribution in [2.75, 3.05) is 6.54 Å². The Morgan fingerprint density at radius 1 is 0.947 bits per heavy atom. The van der Waals surface area contributed by atoms with Gasteiger partial charge in [0, 0.05) is 56.2 Å². The van der Waals surface area contributed by atoms with Crippen LogP contribution in [0.4, 0.5) is 26.3 Å². The van der Waals surface area contributed by atoms with Gasteiger partial charge in [0.15, 0.2) is 0 Å². The standard InChI is InChI=1S/C19H22N4O.2C2HF3O2/c1-14-3-2-4-16(21-14)13-22-10-7-17-18(22)11-19(24)23(17)12-15-5-8-20-9-6-15;2*3-2(4,5)1(6)7/h2-6,8-9,17-18H,7,10-13H2,1H3;2*(H,6,7). The number of likely N-dealkylation sites (tertiary alicyclic amines) is 2. The number of alkyl halides is 6. The zero-order valence-electron chi connectivity index (χ0n) is 19.9. The van der Waals surface area contributed by atoms with Gasteiger partial charge in [0.25, 0.3) is 0 Å². The number of rotatable bonds is 4. The van der Waals surface area contributed by atoms with Crippen molar-refractivity contribution in [2.24, 2.45) is 0 Å². The fraction of sp³-hybridized carbons (Fsp3) is 0.435. The van der Waals surface area contributed by atoms with Crippen molar-refractivity contribution in [3.8, 4) is 0 Å². The molecular formula is C23H24F6N4O5. The number of hydrogen-bond acceptors (Lipinski definition) is 6. The van der Waals surface area contributed by atoms with E-state index in [1.54, 1.807) is 12.4 Å². The molecule has 4 heterocycles. The van der Waals surface area contributed by atoms with Crippen LogP contribution in [0.1, 0.15) is 29.8 Å². The molecule has 0 saturated carbocycles. The number of aryl methyl sites for hydroxylation is 1. The first-order chi connectivity index (χ1) is 17.6. The van der Waals surface area contributed by atoms with Crippen LogP contribution in [0.25, 0.3) is 0 Å². The van der Waals surface area contributed by atoms with Crippen LogP contribution in [0.3, 0.4) is 0 Å². The molecule has 0 bridgehead atoms. The Kier molecular flexibility index (Phi) is 10.2. The Morgan fingerprint density at radius 2 is 1.50 bits per heavy atom. The second-order valence-electron chi connectivity index (χ2n) is 8.35. The van der Waals surface area contributed by atoms with Gasteiger partial charge in [0.1, 0.15) is 0 Å². The predicted octanol–water partition coefficient (Wildman–Crippen LogP) is 3.43. The summed E-state index contributed by atoms with van der Waals surface area (Å²) in [6.45, 7) is 4.58. The summed E-state index contributed by atoms with van der Waals surface area (Å²) in [5, 5.41) is 14.2. The third-order valence-electron chi connectivity index (χ3n) is 5.63. The first kappa shape index (κ1) is 30.5. The monoisotopic (exact) mass is 550 g/mol. The average molecular weight is 550 g/mol. The fourth-order valence-electron chi connectivity index (χ4n) is 3.99. The lowest BCUT2D eigenvalue weighted by Gasteiger charge is -2.25. The number of amides is 1. The molecule has 0 spiro atoms. The zero-order chi connectivity index (χ0) is 28.7. The summed E-state index contributed by atoms with van der Waals surface area (Å²) >= 11 is 0. The highest BCUT2D eigenvalue weighted by atomic mass is 19.4. The summed E-state index contributed by atoms with van der Waals surface area (Å²) < 4.78 is 63.5. The minimum atomic E-state index is -5.08. The van der Waals surface area contributed by atoms with E-state index < -0.39 is 24.3 Å². The van der Waals surface area contributed by atoms with E-state index in [1.807, 2.05) is 25.1 Å². The minimum absolute atomic E-state index is 0.267. The van der Waals surface area contributed by atoms with Gasteiger partial charge in [-0.1, -0.05) is 6.07 Å². The van der Waals surface area contributed by atoms with Gasteiger partial charge in [0.2, 0.25) is 5.91 Å². The van der Waals surface area contributed by atoms with Crippen molar-refractivity contribution in [3.63, 3.8) is 0 Å². The molecule has 1 amide bonds. The fourth-order valence-corrected chi connectivity index (χ4v) is 3.99. The third kappa shape index (κ3) is 8.97. The molecule has 0 aliphatic carbocycles. The van der Waals surface area contributed by atoms with E-state index in [0.29, 0.717) is 25.0 Å². The van der Waals surface area contributed by atoms with E-state index in [9.17, 15) is 31.1 Å². The van der Waals surface area contributed by atoms with Crippen LogP contribution >= 0.6 is 0 Å². The maximum Gasteiger partial charge on any atom is 0.490 e. The molecule has 2 unspecified atom stereocenters. The van der Waals surface area contributed by atoms with E-state index in [2.05, 4.69) is 31.9 Å². The summed E-state index contributed by atoms with van der Waals surface area (Å²) in [4.78, 5) is 43.5. The first-order valence-electron chi connectivity index (χ1n) is 11.0. The quantitative estimate of drug-likeness (QED) is 0.556. The summed E-state index contributed by atoms with van der Waals surface area (Å²) in [6, 6.07) is 10.8. The van der Waals surface area contributed by atoms with E-state index in [1.165, 1.54) is 0 Å². The molecule has 2 saturated heterocycles. The van der Waals surface area contributed by atoms with Crippen molar-refractivity contribution >= 4 is 17.8 Å². The summed E-state index contributed by atoms with van der Waals surface area (Å²) in [5.41, 5.74) is 3.29. The Labute approximate surface area is 212 Å². The van der Waals surface area contributed by atoms with Crippen LogP contribution in [0.15, 0.2) is 42.7 Å². The van der Waals surface area contributed by atoms with Crippen molar-refractivity contribution in [2.45, 2.75) is 57.3 Å². The van der Waals surface area contributed by atoms with Gasteiger partial charge in [-0.3, -0.25) is 19.7 Å². The Hall–Kier alpha value is -3.75. The number of pyridine rings is 2. The normalized spacial score (nSPS) is 19.1. The molecular weight excluding hydrogens is 526 g/mol. The van der Waals surface area contributed by atoms with Crippen LogP contribution in [-0.4, -0.2) is 78.8 Å². The van der Waals surface area contributed by atoms with Crippen LogP contribution < -0.4 is 0 Å². The highest BCUT2D eigenvalue weighted by molar-refractivity contribution is 5.80. The Bertz CT molecular complexity index is 1090. The largest absolute Gasteiger partial charge is 0.490 e. The van der Waals surface area contributed by atoms with Gasteiger partial charge >= 0.3 is 24.3 Å². The van der Waals surface area contributed by atoms with Crippen molar-refractivity contribution < 1.29 is 50.9 Å². The number of fused-ring (bicyclic) bond motifs is 1. The van der Waals surface area contributed by atoms with Gasteiger partial charge < -0.3 is 15.1 Å². The second kappa shape index (κ2) is 12.7. The van der Waals surface area contributed by atoms with E-state index in [-0.39, 0.29) is 5.91 Å². The van der Waals surface area contributed by atoms with Gasteiger partial charge in [-0.15, -0.1) is 0 Å². The van der Waals surface area contributed by atoms with Crippen LogP contribution in [0.2, 0.25) is 0 Å². The maximum atomic E-state index is 12.5. The van der Waals surface area contributed by atoms with Crippen molar-refractivity contribution in [1.82, 2.24) is 19.8 Å². The van der Waals surface area contributed by atoms with Crippen LogP contribution in [-0.2, 0) is 27.5 Å². The zero-order valence-corrected chi connectivity index (χ0v) is 19.9. The molecule has 2 fully saturated rings. The number of halogens is 6. The second-order valence-corrected chi connectivity index (χ2v) is 8.35. The first-order valence-corrected chi connectivity index (χ1v) is 11.0. The highest BCUT2D eigenvalue weighted by Crippen LogP contribution is 2.34. The average Bonchev–Trinajstić information content (AvgIpc) is 3.33. The third-order valence-corrected chi connectivity index (χ3v) is 5.63. The minimum Gasteiger partial charge on any atom is -0.475 e. The topological polar surface area (TPSA) is 124 Å². The number of aliphatic carboxylic acids is 2. The summed E-state index contributed by atoms with van der Waals surface area (Å²) in [7, 11) is 0. The molecule has 4 rings (SSSR count). The number of carboxylic acids is 2. The molecule has 2 aliphatic heterocycles. The molecule has 2 aromatic rings. The highest BCUT2D eigenvalue weighted by Gasteiger charge is 2.46. The van der Waals surface area contributed by atoms with Gasteiger partial charge in [-0.25, -0.2) is 9.59 Å². The number of carboxylic acid groups (broad SMARTS) is 2. The number of hydrogen-bond donors (Lipinski definition) is 2. The van der Waals surface area contributed by atoms with E-state index in [0.717, 1.165) is 36.5 Å². The molecule has 0 aromatic carbocycles. The molecule has 2 aliphatic rings. The van der Waals surface area contributed by atoms with Crippen molar-refractivity contribution in [3.05, 3.63) is 59.7 Å². The molecule has 208 valence electrons. The molecule has 15 heteroatoms. The number of carbonyl (C=O) groups is 3. The van der Waals surface area contributed by atoms with E-state index in [4.69, 9.17) is 19.8 Å². The van der Waals surface area contributed by atoms with E-state index >= 15 is 0 Å². The molecule has 2 N–H and O–H groups in total. The lowest BCUT2D eigenvalue weighted by atomic mass is 10.1. The number of nitrogens with zero attached hydrogens (tertiary/aromatic N) is 4. The molecule has 0 radical (unpaired) electrons. The molecule has 38 heavy (non-hydrogen) atoms. The van der Waals surface area contributed by atoms with Gasteiger partial charge in [-0.2, -0.15) is 26.3 Å². The number of aromatic nitrogens is 2. The van der Waals surface area contributed by atoms with Crippen LogP contribution in [0.5, 0.6) is 0 Å². The Morgan fingerprint density at radius 3 is 2.00 bits per heavy atom. The summed E-state index contributed by atoms with van der Waals surface area (Å²) in [6.07, 6.45) is -4.91. The summed E-state index contributed by atoms with van der Waals surface area (Å²) in [5.74, 6) is -5.25. The maximum absolute atomic E-state index is 12.5. The van der Waals surface area contributed by atoms with Crippen LogP contribution in [0, 0.1) is 6.92 Å².